The Bertz CT molecular complexity index is 928. The van der Waals surface area contributed by atoms with Gasteiger partial charge in [0.05, 0.1) is 10.6 Å². The largest absolute Gasteiger partial charge is 0.356 e. The first-order valence-corrected chi connectivity index (χ1v) is 13.8. The number of fused-ring (bicyclic) bond motifs is 1. The van der Waals surface area contributed by atoms with Crippen LogP contribution in [-0.4, -0.2) is 39.1 Å². The van der Waals surface area contributed by atoms with Gasteiger partial charge < -0.3 is 10.2 Å². The summed E-state index contributed by atoms with van der Waals surface area (Å²) in [6.45, 7) is 5.45. The average Bonchev–Trinajstić information content (AvgIpc) is 3.51. The molecule has 0 unspecified atom stereocenters. The molecule has 172 valence electrons. The summed E-state index contributed by atoms with van der Waals surface area (Å²) >= 11 is 3.39. The molecule has 0 spiro atoms. The third-order valence-electron chi connectivity index (χ3n) is 6.29. The molecule has 6 nitrogen and oxygen atoms in total. The number of sulfone groups is 1. The Hall–Kier alpha value is -1.41. The Balaban J connectivity index is 1.63. The Kier molecular flexibility index (Phi) is 8.19. The highest BCUT2D eigenvalue weighted by Gasteiger charge is 2.37. The molecule has 0 bridgehead atoms. The molecule has 8 heteroatoms. The minimum Gasteiger partial charge on any atom is -0.356 e. The van der Waals surface area contributed by atoms with Gasteiger partial charge in [0.1, 0.15) is 0 Å². The molecular formula is C23H33BrN2O4S. The van der Waals surface area contributed by atoms with Crippen molar-refractivity contribution in [3.63, 3.8) is 0 Å². The second kappa shape index (κ2) is 10.5. The van der Waals surface area contributed by atoms with Crippen LogP contribution in [0.4, 0.5) is 5.69 Å². The van der Waals surface area contributed by atoms with Crippen molar-refractivity contribution < 1.29 is 18.0 Å². The predicted octanol–water partition coefficient (Wildman–Crippen LogP) is 4.24. The number of anilines is 1. The molecule has 0 radical (unpaired) electrons. The van der Waals surface area contributed by atoms with E-state index in [-0.39, 0.29) is 34.8 Å². The van der Waals surface area contributed by atoms with E-state index in [1.54, 1.807) is 11.0 Å². The van der Waals surface area contributed by atoms with Crippen LogP contribution in [0.5, 0.6) is 0 Å². The monoisotopic (exact) mass is 512 g/mol. The van der Waals surface area contributed by atoms with Gasteiger partial charge in [-0.15, -0.1) is 0 Å². The topological polar surface area (TPSA) is 83.6 Å². The molecule has 0 aromatic heterocycles. The summed E-state index contributed by atoms with van der Waals surface area (Å²) in [5.74, 6) is 0.126. The lowest BCUT2D eigenvalue weighted by Gasteiger charge is -2.18. The van der Waals surface area contributed by atoms with Crippen molar-refractivity contribution in [2.24, 2.45) is 11.8 Å². The lowest BCUT2D eigenvalue weighted by atomic mass is 9.99. The number of hydrogen-bond acceptors (Lipinski definition) is 4. The molecule has 1 aliphatic heterocycles. The lowest BCUT2D eigenvalue weighted by Crippen LogP contribution is -2.31. The van der Waals surface area contributed by atoms with Gasteiger partial charge in [-0.3, -0.25) is 9.59 Å². The van der Waals surface area contributed by atoms with E-state index >= 15 is 0 Å². The number of amides is 2. The molecule has 1 saturated carbocycles. The van der Waals surface area contributed by atoms with Crippen molar-refractivity contribution in [1.82, 2.24) is 5.32 Å². The molecule has 1 aromatic carbocycles. The van der Waals surface area contributed by atoms with Crippen LogP contribution in [0.2, 0.25) is 0 Å². The summed E-state index contributed by atoms with van der Waals surface area (Å²) < 4.78 is 26.5. The van der Waals surface area contributed by atoms with Gasteiger partial charge in [0.2, 0.25) is 11.8 Å². The second-order valence-electron chi connectivity index (χ2n) is 8.71. The third kappa shape index (κ3) is 6.09. The van der Waals surface area contributed by atoms with Crippen LogP contribution in [0, 0.1) is 11.8 Å². The summed E-state index contributed by atoms with van der Waals surface area (Å²) in [4.78, 5) is 26.7. The minimum atomic E-state index is -3.67. The fourth-order valence-electron chi connectivity index (χ4n) is 4.03. The van der Waals surface area contributed by atoms with Crippen LogP contribution >= 0.6 is 15.9 Å². The van der Waals surface area contributed by atoms with Crippen molar-refractivity contribution >= 4 is 43.3 Å². The molecule has 1 fully saturated rings. The third-order valence-corrected chi connectivity index (χ3v) is 8.95. The maximum atomic E-state index is 13.0. The van der Waals surface area contributed by atoms with Crippen LogP contribution in [0.25, 0.3) is 0 Å². The lowest BCUT2D eigenvalue weighted by molar-refractivity contribution is -0.121. The summed E-state index contributed by atoms with van der Waals surface area (Å²) in [6, 6.07) is 3.42. The normalized spacial score (nSPS) is 16.8. The van der Waals surface area contributed by atoms with Gasteiger partial charge in [0, 0.05) is 35.6 Å². The zero-order chi connectivity index (χ0) is 22.6. The number of nitrogens with one attached hydrogen (secondary N) is 1. The minimum absolute atomic E-state index is 0.0687. The first-order valence-electron chi connectivity index (χ1n) is 11.4. The molecule has 1 aromatic rings. The van der Waals surface area contributed by atoms with E-state index in [1.807, 2.05) is 6.07 Å². The molecule has 0 saturated heterocycles. The van der Waals surface area contributed by atoms with Gasteiger partial charge in [-0.2, -0.15) is 0 Å². The fourth-order valence-corrected chi connectivity index (χ4v) is 6.48. The Morgan fingerprint density at radius 1 is 1.26 bits per heavy atom. The van der Waals surface area contributed by atoms with Crippen molar-refractivity contribution in [2.75, 3.05) is 23.7 Å². The first kappa shape index (κ1) is 24.2. The molecule has 2 amide bonds. The van der Waals surface area contributed by atoms with E-state index in [2.05, 4.69) is 35.1 Å². The molecule has 31 heavy (non-hydrogen) atoms. The second-order valence-corrected chi connectivity index (χ2v) is 11.6. The van der Waals surface area contributed by atoms with Crippen LogP contribution in [-0.2, 0) is 25.8 Å². The van der Waals surface area contributed by atoms with E-state index in [4.69, 9.17) is 0 Å². The summed E-state index contributed by atoms with van der Waals surface area (Å²) in [5.41, 5.74) is 1.68. The first-order chi connectivity index (χ1) is 14.8. The number of nitrogens with zero attached hydrogens (tertiary/aromatic N) is 1. The van der Waals surface area contributed by atoms with Crippen LogP contribution in [0.15, 0.2) is 21.5 Å². The highest BCUT2D eigenvalue weighted by molar-refractivity contribution is 9.10. The number of unbranched alkanes of at least 4 members (excludes halogenated alkanes) is 1. The summed E-state index contributed by atoms with van der Waals surface area (Å²) in [6.07, 6.45) is 6.82. The van der Waals surface area contributed by atoms with E-state index in [0.717, 1.165) is 50.5 Å². The van der Waals surface area contributed by atoms with Gasteiger partial charge in [0.15, 0.2) is 9.84 Å². The van der Waals surface area contributed by atoms with E-state index in [9.17, 15) is 18.0 Å². The zero-order valence-corrected chi connectivity index (χ0v) is 20.9. The van der Waals surface area contributed by atoms with Crippen molar-refractivity contribution in [3.8, 4) is 0 Å². The molecule has 1 aliphatic carbocycles. The van der Waals surface area contributed by atoms with Crippen molar-refractivity contribution in [3.05, 3.63) is 22.2 Å². The van der Waals surface area contributed by atoms with Crippen LogP contribution in [0.1, 0.15) is 64.4 Å². The van der Waals surface area contributed by atoms with E-state index < -0.39 is 9.84 Å². The number of carbonyl (C=O) groups is 2. The van der Waals surface area contributed by atoms with Gasteiger partial charge in [-0.1, -0.05) is 33.1 Å². The molecule has 1 atom stereocenters. The highest BCUT2D eigenvalue weighted by atomic mass is 79.9. The predicted molar refractivity (Wildman–Crippen MR) is 126 cm³/mol. The molecule has 1 N–H and O–H groups in total. The quantitative estimate of drug-likeness (QED) is 0.480. The Morgan fingerprint density at radius 3 is 2.65 bits per heavy atom. The summed E-state index contributed by atoms with van der Waals surface area (Å²) in [7, 11) is -3.67. The van der Waals surface area contributed by atoms with Crippen LogP contribution in [0.3, 0.4) is 0 Å². The Morgan fingerprint density at radius 2 is 2.00 bits per heavy atom. The van der Waals surface area contributed by atoms with E-state index in [1.165, 1.54) is 0 Å². The van der Waals surface area contributed by atoms with E-state index in [0.29, 0.717) is 29.2 Å². The van der Waals surface area contributed by atoms with Crippen molar-refractivity contribution in [1.29, 1.82) is 0 Å². The highest BCUT2D eigenvalue weighted by Crippen LogP contribution is 2.39. The number of halogens is 1. The molecule has 2 aliphatic rings. The van der Waals surface area contributed by atoms with Gasteiger partial charge >= 0.3 is 0 Å². The van der Waals surface area contributed by atoms with Crippen molar-refractivity contribution in [2.45, 2.75) is 70.1 Å². The standard InChI is InChI=1S/C23H33BrN2O4S/c1-3-5-6-16(4-2)15-25-22(27)10-12-31(29,30)21-14-20-18(13-19(21)24)9-11-26(20)23(28)17-7-8-17/h13-14,16-17H,3-12,15H2,1-2H3,(H,25,27)/t16-/m1/s1. The van der Waals surface area contributed by atoms with Crippen LogP contribution < -0.4 is 10.2 Å². The number of hydrogen-bond donors (Lipinski definition) is 1. The smallest absolute Gasteiger partial charge is 0.230 e. The molecule has 1 heterocycles. The number of carbonyl (C=O) groups excluding carboxylic acids is 2. The number of benzene rings is 1. The van der Waals surface area contributed by atoms with Gasteiger partial charge in [-0.05, 0) is 65.2 Å². The zero-order valence-electron chi connectivity index (χ0n) is 18.5. The average molecular weight is 513 g/mol. The SMILES string of the molecule is CCCC[C@@H](CC)CNC(=O)CCS(=O)(=O)c1cc2c(cc1Br)CCN2C(=O)C1CC1. The fraction of sp³-hybridized carbons (Fsp3) is 0.652. The maximum absolute atomic E-state index is 13.0. The van der Waals surface area contributed by atoms with Gasteiger partial charge in [-0.25, -0.2) is 8.42 Å². The molecular weight excluding hydrogens is 480 g/mol. The molecule has 3 rings (SSSR count). The maximum Gasteiger partial charge on any atom is 0.230 e. The van der Waals surface area contributed by atoms with Gasteiger partial charge in [0.25, 0.3) is 0 Å². The number of rotatable bonds is 11. The Labute approximate surface area is 194 Å². The summed E-state index contributed by atoms with van der Waals surface area (Å²) in [5, 5.41) is 2.90.